The van der Waals surface area contributed by atoms with Crippen molar-refractivity contribution in [2.45, 2.75) is 38.6 Å². The van der Waals surface area contributed by atoms with E-state index in [1.807, 2.05) is 0 Å². The van der Waals surface area contributed by atoms with E-state index in [2.05, 4.69) is 17.6 Å². The Balaban J connectivity index is 1.69. The molecule has 96 valence electrons. The number of carboxylic acids is 1. The maximum absolute atomic E-state index is 11.6. The van der Waals surface area contributed by atoms with Crippen LogP contribution in [0.1, 0.15) is 32.6 Å². The summed E-state index contributed by atoms with van der Waals surface area (Å²) in [4.78, 5) is 22.3. The van der Waals surface area contributed by atoms with E-state index in [1.54, 1.807) is 0 Å². The maximum atomic E-state index is 11.6. The minimum Gasteiger partial charge on any atom is -0.481 e. The Kier molecular flexibility index (Phi) is 3.54. The van der Waals surface area contributed by atoms with E-state index < -0.39 is 5.97 Å². The number of hydrogen-bond donors (Lipinski definition) is 3. The van der Waals surface area contributed by atoms with Crippen LogP contribution >= 0.6 is 0 Å². The molecule has 0 heterocycles. The fourth-order valence-electron chi connectivity index (χ4n) is 2.15. The SMILES string of the molecule is CC1CC1CNC(=O)NC(CC(=O)O)C1CC1. The number of rotatable bonds is 6. The summed E-state index contributed by atoms with van der Waals surface area (Å²) in [6, 6.07) is -0.425. The molecule has 0 bridgehead atoms. The number of urea groups is 1. The summed E-state index contributed by atoms with van der Waals surface area (Å²) in [5.41, 5.74) is 0. The summed E-state index contributed by atoms with van der Waals surface area (Å²) < 4.78 is 0. The topological polar surface area (TPSA) is 78.4 Å². The number of hydrogen-bond acceptors (Lipinski definition) is 2. The van der Waals surface area contributed by atoms with Crippen LogP contribution in [0.3, 0.4) is 0 Å². The average Bonchev–Trinajstić information content (AvgIpc) is 3.08. The molecule has 3 N–H and O–H groups in total. The van der Waals surface area contributed by atoms with Gasteiger partial charge in [0.25, 0.3) is 0 Å². The van der Waals surface area contributed by atoms with Crippen LogP contribution in [0.15, 0.2) is 0 Å². The number of aliphatic carboxylic acids is 1. The Hall–Kier alpha value is -1.26. The van der Waals surface area contributed by atoms with Gasteiger partial charge in [-0.1, -0.05) is 6.92 Å². The third-order valence-electron chi connectivity index (χ3n) is 3.70. The predicted octanol–water partition coefficient (Wildman–Crippen LogP) is 1.19. The van der Waals surface area contributed by atoms with Crippen LogP contribution in [0.5, 0.6) is 0 Å². The first-order valence-corrected chi connectivity index (χ1v) is 6.32. The second-order valence-corrected chi connectivity index (χ2v) is 5.37. The molecular formula is C12H20N2O3. The van der Waals surface area contributed by atoms with Gasteiger partial charge in [-0.15, -0.1) is 0 Å². The summed E-state index contributed by atoms with van der Waals surface area (Å²) in [6.45, 7) is 2.87. The Morgan fingerprint density at radius 2 is 2.06 bits per heavy atom. The summed E-state index contributed by atoms with van der Waals surface area (Å²) >= 11 is 0. The lowest BCUT2D eigenvalue weighted by Gasteiger charge is -2.16. The lowest BCUT2D eigenvalue weighted by atomic mass is 10.1. The van der Waals surface area contributed by atoms with Crippen molar-refractivity contribution in [3.8, 4) is 0 Å². The van der Waals surface area contributed by atoms with Gasteiger partial charge in [0.05, 0.1) is 6.42 Å². The van der Waals surface area contributed by atoms with Crippen LogP contribution in [-0.4, -0.2) is 29.7 Å². The van der Waals surface area contributed by atoms with Crippen molar-refractivity contribution < 1.29 is 14.7 Å². The summed E-state index contributed by atoms with van der Waals surface area (Å²) in [6.07, 6.45) is 3.26. The highest BCUT2D eigenvalue weighted by Gasteiger charge is 2.35. The molecule has 2 fully saturated rings. The third kappa shape index (κ3) is 3.91. The molecule has 0 aromatic heterocycles. The van der Waals surface area contributed by atoms with Crippen molar-refractivity contribution in [3.05, 3.63) is 0 Å². The zero-order valence-electron chi connectivity index (χ0n) is 10.1. The first-order chi connectivity index (χ1) is 8.06. The highest BCUT2D eigenvalue weighted by atomic mass is 16.4. The first kappa shape index (κ1) is 12.2. The molecule has 0 aromatic carbocycles. The molecule has 0 aromatic rings. The van der Waals surface area contributed by atoms with Gasteiger partial charge in [0.1, 0.15) is 0 Å². The summed E-state index contributed by atoms with van der Waals surface area (Å²) in [7, 11) is 0. The molecule has 17 heavy (non-hydrogen) atoms. The monoisotopic (exact) mass is 240 g/mol. The van der Waals surface area contributed by atoms with Crippen molar-refractivity contribution in [3.63, 3.8) is 0 Å². The molecule has 2 rings (SSSR count). The van der Waals surface area contributed by atoms with Crippen molar-refractivity contribution in [1.82, 2.24) is 10.6 Å². The standard InChI is InChI=1S/C12H20N2O3/c1-7-4-9(7)6-13-12(17)14-10(5-11(15)16)8-2-3-8/h7-10H,2-6H2,1H3,(H,15,16)(H2,13,14,17). The second kappa shape index (κ2) is 4.94. The first-order valence-electron chi connectivity index (χ1n) is 6.32. The summed E-state index contributed by atoms with van der Waals surface area (Å²) in [5, 5.41) is 14.4. The van der Waals surface area contributed by atoms with E-state index >= 15 is 0 Å². The zero-order valence-corrected chi connectivity index (χ0v) is 10.1. The van der Waals surface area contributed by atoms with Crippen molar-refractivity contribution >= 4 is 12.0 Å². The third-order valence-corrected chi connectivity index (χ3v) is 3.70. The van der Waals surface area contributed by atoms with Gasteiger partial charge in [-0.05, 0) is 37.0 Å². The van der Waals surface area contributed by atoms with Crippen LogP contribution in [0.4, 0.5) is 4.79 Å². The number of carbonyl (C=O) groups is 2. The van der Waals surface area contributed by atoms with Crippen molar-refractivity contribution in [2.24, 2.45) is 17.8 Å². The Morgan fingerprint density at radius 3 is 2.53 bits per heavy atom. The van der Waals surface area contributed by atoms with Crippen LogP contribution in [0, 0.1) is 17.8 Å². The Morgan fingerprint density at radius 1 is 1.41 bits per heavy atom. The van der Waals surface area contributed by atoms with E-state index in [4.69, 9.17) is 5.11 Å². The largest absolute Gasteiger partial charge is 0.481 e. The van der Waals surface area contributed by atoms with Crippen LogP contribution in [-0.2, 0) is 4.79 Å². The van der Waals surface area contributed by atoms with Gasteiger partial charge < -0.3 is 15.7 Å². The quantitative estimate of drug-likeness (QED) is 0.652. The molecule has 0 saturated heterocycles. The minimum absolute atomic E-state index is 0.0257. The van der Waals surface area contributed by atoms with Crippen LogP contribution in [0.2, 0.25) is 0 Å². The second-order valence-electron chi connectivity index (χ2n) is 5.37. The van der Waals surface area contributed by atoms with Crippen molar-refractivity contribution in [1.29, 1.82) is 0 Å². The lowest BCUT2D eigenvalue weighted by Crippen LogP contribution is -2.44. The normalized spacial score (nSPS) is 28.3. The maximum Gasteiger partial charge on any atom is 0.315 e. The van der Waals surface area contributed by atoms with E-state index in [-0.39, 0.29) is 18.5 Å². The molecular weight excluding hydrogens is 220 g/mol. The predicted molar refractivity (Wildman–Crippen MR) is 62.6 cm³/mol. The Bertz CT molecular complexity index is 315. The molecule has 0 spiro atoms. The molecule has 5 heteroatoms. The molecule has 2 amide bonds. The molecule has 2 aliphatic rings. The average molecular weight is 240 g/mol. The van der Waals surface area contributed by atoms with Gasteiger partial charge in [-0.25, -0.2) is 4.79 Å². The van der Waals surface area contributed by atoms with E-state index in [1.165, 1.54) is 6.42 Å². The van der Waals surface area contributed by atoms with Crippen molar-refractivity contribution in [2.75, 3.05) is 6.54 Å². The molecule has 5 nitrogen and oxygen atoms in total. The minimum atomic E-state index is -0.849. The van der Waals surface area contributed by atoms with Gasteiger partial charge in [0.15, 0.2) is 0 Å². The molecule has 0 radical (unpaired) electrons. The van der Waals surface area contributed by atoms with Gasteiger partial charge in [0.2, 0.25) is 0 Å². The number of carbonyl (C=O) groups excluding carboxylic acids is 1. The van der Waals surface area contributed by atoms with Crippen LogP contribution in [0.25, 0.3) is 0 Å². The smallest absolute Gasteiger partial charge is 0.315 e. The molecule has 0 aliphatic heterocycles. The number of carboxylic acid groups (broad SMARTS) is 1. The van der Waals surface area contributed by atoms with Gasteiger partial charge in [-0.3, -0.25) is 4.79 Å². The molecule has 3 unspecified atom stereocenters. The van der Waals surface area contributed by atoms with E-state index in [0.717, 1.165) is 12.8 Å². The zero-order chi connectivity index (χ0) is 12.4. The molecule has 2 aliphatic carbocycles. The fraction of sp³-hybridized carbons (Fsp3) is 0.833. The molecule has 3 atom stereocenters. The van der Waals surface area contributed by atoms with Crippen LogP contribution < -0.4 is 10.6 Å². The number of nitrogens with one attached hydrogen (secondary N) is 2. The van der Waals surface area contributed by atoms with E-state index in [9.17, 15) is 9.59 Å². The highest BCUT2D eigenvalue weighted by molar-refractivity contribution is 5.75. The van der Waals surface area contributed by atoms with Gasteiger partial charge in [0, 0.05) is 12.6 Å². The van der Waals surface area contributed by atoms with E-state index in [0.29, 0.717) is 24.3 Å². The van der Waals surface area contributed by atoms with Gasteiger partial charge in [-0.2, -0.15) is 0 Å². The fourth-order valence-corrected chi connectivity index (χ4v) is 2.15. The van der Waals surface area contributed by atoms with Gasteiger partial charge >= 0.3 is 12.0 Å². The lowest BCUT2D eigenvalue weighted by molar-refractivity contribution is -0.137. The highest BCUT2D eigenvalue weighted by Crippen LogP contribution is 2.37. The number of amides is 2. The Labute approximate surface area is 101 Å². The summed E-state index contributed by atoms with van der Waals surface area (Å²) in [5.74, 6) is 0.836. The molecule has 2 saturated carbocycles.